The predicted octanol–water partition coefficient (Wildman–Crippen LogP) is 5.76. The summed E-state index contributed by atoms with van der Waals surface area (Å²) in [4.78, 5) is 28.8. The number of thioether (sulfide) groups is 1. The molecule has 6 nitrogen and oxygen atoms in total. The molecule has 3 rings (SSSR count). The first-order valence-electron chi connectivity index (χ1n) is 10.8. The van der Waals surface area contributed by atoms with Gasteiger partial charge >= 0.3 is 5.97 Å². The molecule has 0 unspecified atom stereocenters. The Balaban J connectivity index is 1.77. The van der Waals surface area contributed by atoms with Crippen molar-refractivity contribution < 1.29 is 24.2 Å². The van der Waals surface area contributed by atoms with Gasteiger partial charge in [0.15, 0.2) is 0 Å². The number of rotatable bonds is 8. The van der Waals surface area contributed by atoms with Crippen LogP contribution in [-0.4, -0.2) is 28.6 Å². The first kappa shape index (κ1) is 24.3. The number of aryl methyl sites for hydroxylation is 1. The molecule has 1 amide bonds. The molecule has 1 aliphatic rings. The molecule has 1 heterocycles. The van der Waals surface area contributed by atoms with Gasteiger partial charge in [0, 0.05) is 6.42 Å². The van der Waals surface area contributed by atoms with Gasteiger partial charge in [0.05, 0.1) is 11.5 Å². The lowest BCUT2D eigenvalue weighted by molar-refractivity contribution is -0.138. The van der Waals surface area contributed by atoms with E-state index in [1.54, 1.807) is 13.0 Å². The molecule has 0 saturated carbocycles. The van der Waals surface area contributed by atoms with Crippen molar-refractivity contribution in [2.45, 2.75) is 40.2 Å². The van der Waals surface area contributed by atoms with Gasteiger partial charge in [-0.2, -0.15) is 0 Å². The van der Waals surface area contributed by atoms with Gasteiger partial charge in [0.1, 0.15) is 28.7 Å². The van der Waals surface area contributed by atoms with Gasteiger partial charge < -0.3 is 14.6 Å². The Hall–Kier alpha value is -3.32. The summed E-state index contributed by atoms with van der Waals surface area (Å²) in [6, 6.07) is 15.5. The summed E-state index contributed by atoms with van der Waals surface area (Å²) in [5.41, 5.74) is 3.01. The number of aliphatic hydroxyl groups excluding tert-OH is 1. The van der Waals surface area contributed by atoms with Gasteiger partial charge in [0.2, 0.25) is 5.91 Å². The number of ether oxygens (including phenoxy) is 2. The van der Waals surface area contributed by atoms with Gasteiger partial charge in [0.25, 0.3) is 0 Å². The van der Waals surface area contributed by atoms with Crippen LogP contribution in [0.2, 0.25) is 0 Å². The fraction of sp³-hybridized carbons (Fsp3) is 0.269. The molecule has 33 heavy (non-hydrogen) atoms. The van der Waals surface area contributed by atoms with Crippen molar-refractivity contribution in [1.82, 2.24) is 0 Å². The highest BCUT2D eigenvalue weighted by molar-refractivity contribution is 8.18. The van der Waals surface area contributed by atoms with Crippen molar-refractivity contribution in [3.8, 4) is 5.75 Å². The van der Waals surface area contributed by atoms with Crippen LogP contribution in [-0.2, 0) is 20.9 Å². The zero-order chi connectivity index (χ0) is 23.8. The predicted molar refractivity (Wildman–Crippen MR) is 131 cm³/mol. The lowest BCUT2D eigenvalue weighted by Gasteiger charge is -2.07. The number of carbonyl (C=O) groups excluding carboxylic acids is 2. The highest BCUT2D eigenvalue weighted by Gasteiger charge is 2.33. The van der Waals surface area contributed by atoms with Gasteiger partial charge in [-0.3, -0.25) is 4.79 Å². The second-order valence-electron chi connectivity index (χ2n) is 7.46. The van der Waals surface area contributed by atoms with Crippen molar-refractivity contribution in [1.29, 1.82) is 0 Å². The highest BCUT2D eigenvalue weighted by Crippen LogP contribution is 2.39. The summed E-state index contributed by atoms with van der Waals surface area (Å²) in [6.45, 7) is 6.21. The van der Waals surface area contributed by atoms with E-state index in [4.69, 9.17) is 9.47 Å². The number of hydrogen-bond acceptors (Lipinski definition) is 6. The summed E-state index contributed by atoms with van der Waals surface area (Å²) in [7, 11) is 0. The molecule has 2 aromatic rings. The molecule has 0 atom stereocenters. The number of aliphatic imine (C=N–C) groups is 1. The summed E-state index contributed by atoms with van der Waals surface area (Å²) in [5.74, 6) is -0.558. The van der Waals surface area contributed by atoms with Crippen LogP contribution in [0.25, 0.3) is 6.08 Å². The van der Waals surface area contributed by atoms with Crippen molar-refractivity contribution in [3.63, 3.8) is 0 Å². The number of benzene rings is 2. The van der Waals surface area contributed by atoms with E-state index < -0.39 is 5.97 Å². The van der Waals surface area contributed by atoms with Crippen LogP contribution in [0, 0.1) is 6.92 Å². The van der Waals surface area contributed by atoms with Crippen molar-refractivity contribution in [3.05, 3.63) is 81.5 Å². The second kappa shape index (κ2) is 11.5. The third kappa shape index (κ3) is 6.58. The molecule has 0 aliphatic carbocycles. The van der Waals surface area contributed by atoms with E-state index in [1.165, 1.54) is 5.56 Å². The largest absolute Gasteiger partial charge is 0.506 e. The minimum absolute atomic E-state index is 0.0735. The normalized spacial score (nSPS) is 15.8. The van der Waals surface area contributed by atoms with Crippen LogP contribution in [0.3, 0.4) is 0 Å². The van der Waals surface area contributed by atoms with Crippen LogP contribution < -0.4 is 4.74 Å². The number of nitrogens with zero attached hydrogens (tertiary/aromatic N) is 1. The third-order valence-corrected chi connectivity index (χ3v) is 5.78. The Bertz CT molecular complexity index is 1100. The van der Waals surface area contributed by atoms with E-state index >= 15 is 0 Å². The highest BCUT2D eigenvalue weighted by atomic mass is 32.2. The van der Waals surface area contributed by atoms with E-state index in [9.17, 15) is 14.7 Å². The average Bonchev–Trinajstić information content (AvgIpc) is 3.09. The molecular formula is C26H27NO5S. The molecule has 172 valence electrons. The van der Waals surface area contributed by atoms with Gasteiger partial charge in [-0.15, -0.1) is 0 Å². The van der Waals surface area contributed by atoms with E-state index in [1.807, 2.05) is 62.4 Å². The molecular weight excluding hydrogens is 438 g/mol. The van der Waals surface area contributed by atoms with Crippen LogP contribution in [0.4, 0.5) is 0 Å². The van der Waals surface area contributed by atoms with E-state index in [0.717, 1.165) is 28.6 Å². The average molecular weight is 466 g/mol. The van der Waals surface area contributed by atoms with Crippen LogP contribution in [0.5, 0.6) is 5.75 Å². The van der Waals surface area contributed by atoms with Crippen molar-refractivity contribution in [2.75, 3.05) is 6.61 Å². The Morgan fingerprint density at radius 3 is 2.39 bits per heavy atom. The number of esters is 1. The monoisotopic (exact) mass is 465 g/mol. The van der Waals surface area contributed by atoms with Gasteiger partial charge in [-0.25, -0.2) is 9.79 Å². The minimum Gasteiger partial charge on any atom is -0.506 e. The standard InChI is InChI=1S/C26H27NO5S/c1-4-6-22(28)27-25-23(26(30)31-5-2)24(29)21(33-25)15-18-11-13-20(14-12-18)32-16-19-9-7-17(3)8-10-19/h7-15,29H,4-6,16H2,1-3H3/b21-15-,27-25?. The Morgan fingerprint density at radius 2 is 1.76 bits per heavy atom. The minimum atomic E-state index is -0.700. The first-order chi connectivity index (χ1) is 15.9. The van der Waals surface area contributed by atoms with Gasteiger partial charge in [-0.05, 0) is 49.6 Å². The maximum Gasteiger partial charge on any atom is 0.344 e. The maximum atomic E-state index is 12.4. The second-order valence-corrected chi connectivity index (χ2v) is 8.49. The van der Waals surface area contributed by atoms with Crippen molar-refractivity contribution in [2.24, 2.45) is 4.99 Å². The topological polar surface area (TPSA) is 85.2 Å². The fourth-order valence-corrected chi connectivity index (χ4v) is 4.07. The molecule has 0 spiro atoms. The van der Waals surface area contributed by atoms with Gasteiger partial charge in [-0.1, -0.05) is 60.6 Å². The number of aliphatic hydroxyl groups is 1. The molecule has 1 N–H and O–H groups in total. The summed E-state index contributed by atoms with van der Waals surface area (Å²) >= 11 is 1.08. The molecule has 1 aliphatic heterocycles. The summed E-state index contributed by atoms with van der Waals surface area (Å²) in [6.07, 6.45) is 2.64. The molecule has 7 heteroatoms. The number of amides is 1. The fourth-order valence-electron chi connectivity index (χ4n) is 3.04. The maximum absolute atomic E-state index is 12.4. The third-order valence-electron chi connectivity index (χ3n) is 4.76. The van der Waals surface area contributed by atoms with Crippen molar-refractivity contribution >= 4 is 34.8 Å². The lowest BCUT2D eigenvalue weighted by Crippen LogP contribution is -2.14. The molecule has 0 saturated heterocycles. The van der Waals surface area contributed by atoms with E-state index in [0.29, 0.717) is 17.9 Å². The van der Waals surface area contributed by atoms with Crippen LogP contribution in [0.15, 0.2) is 69.8 Å². The smallest absolute Gasteiger partial charge is 0.344 e. The quantitative estimate of drug-likeness (QED) is 0.499. The zero-order valence-electron chi connectivity index (χ0n) is 19.0. The molecule has 0 radical (unpaired) electrons. The Morgan fingerprint density at radius 1 is 1.06 bits per heavy atom. The summed E-state index contributed by atoms with van der Waals surface area (Å²) < 4.78 is 10.9. The number of carbonyl (C=O) groups is 2. The number of hydrogen-bond donors (Lipinski definition) is 1. The Kier molecular flexibility index (Phi) is 8.49. The zero-order valence-corrected chi connectivity index (χ0v) is 19.8. The van der Waals surface area contributed by atoms with E-state index in [-0.39, 0.29) is 35.3 Å². The molecule has 0 fully saturated rings. The van der Waals surface area contributed by atoms with E-state index in [2.05, 4.69) is 4.99 Å². The lowest BCUT2D eigenvalue weighted by atomic mass is 10.1. The van der Waals surface area contributed by atoms with Crippen LogP contribution >= 0.6 is 11.8 Å². The first-order valence-corrected chi connectivity index (χ1v) is 11.6. The molecule has 0 bridgehead atoms. The molecule has 0 aromatic heterocycles. The Labute approximate surface area is 198 Å². The van der Waals surface area contributed by atoms with Crippen LogP contribution in [0.1, 0.15) is 43.4 Å². The SMILES string of the molecule is CCCC(=O)N=C1S/C(=C\c2ccc(OCc3ccc(C)cc3)cc2)C(O)=C1C(=O)OCC. The summed E-state index contributed by atoms with van der Waals surface area (Å²) in [5, 5.41) is 10.8. The molecule has 2 aromatic carbocycles.